The van der Waals surface area contributed by atoms with Gasteiger partial charge in [-0.3, -0.25) is 0 Å². The van der Waals surface area contributed by atoms with E-state index in [2.05, 4.69) is 15.6 Å². The molecule has 1 unspecified atom stereocenters. The summed E-state index contributed by atoms with van der Waals surface area (Å²) in [6.07, 6.45) is -0.618. The molecule has 3 N–H and O–H groups in total. The zero-order valence-corrected chi connectivity index (χ0v) is 15.3. The Morgan fingerprint density at radius 2 is 2.00 bits per heavy atom. The Hall–Kier alpha value is -1.76. The van der Waals surface area contributed by atoms with Gasteiger partial charge in [-0.2, -0.15) is 0 Å². The van der Waals surface area contributed by atoms with Crippen LogP contribution in [0.4, 0.5) is 0 Å². The van der Waals surface area contributed by atoms with Crippen LogP contribution >= 0.6 is 22.9 Å². The first kappa shape index (κ1) is 18.6. The van der Waals surface area contributed by atoms with Gasteiger partial charge in [0.1, 0.15) is 11.9 Å². The minimum absolute atomic E-state index is 0.366. The molecule has 1 aromatic carbocycles. The molecule has 1 heterocycles. The lowest BCUT2D eigenvalue weighted by Gasteiger charge is -2.14. The van der Waals surface area contributed by atoms with E-state index in [1.807, 2.05) is 37.3 Å². The average Bonchev–Trinajstić information content (AvgIpc) is 3.04. The van der Waals surface area contributed by atoms with E-state index in [1.165, 1.54) is 11.3 Å². The predicted molar refractivity (Wildman–Crippen MR) is 100 cm³/mol. The van der Waals surface area contributed by atoms with Gasteiger partial charge in [0.15, 0.2) is 5.96 Å². The van der Waals surface area contributed by atoms with E-state index in [-0.39, 0.29) is 0 Å². The molecule has 5 nitrogen and oxygen atoms in total. The van der Waals surface area contributed by atoms with Crippen LogP contribution in [0.2, 0.25) is 4.34 Å². The molecule has 0 amide bonds. The van der Waals surface area contributed by atoms with Crippen LogP contribution in [-0.2, 0) is 6.54 Å². The van der Waals surface area contributed by atoms with E-state index in [0.29, 0.717) is 23.4 Å². The van der Waals surface area contributed by atoms with Crippen molar-refractivity contribution in [3.8, 4) is 5.75 Å². The van der Waals surface area contributed by atoms with E-state index in [4.69, 9.17) is 16.3 Å². The molecule has 0 aliphatic heterocycles. The van der Waals surface area contributed by atoms with Gasteiger partial charge in [0.25, 0.3) is 0 Å². The van der Waals surface area contributed by atoms with Crippen LogP contribution in [0, 0.1) is 0 Å². The van der Waals surface area contributed by atoms with Crippen LogP contribution < -0.4 is 15.4 Å². The second kappa shape index (κ2) is 9.52. The number of guanidine groups is 1. The second-order valence-corrected chi connectivity index (χ2v) is 6.83. The summed E-state index contributed by atoms with van der Waals surface area (Å²) in [6, 6.07) is 11.4. The summed E-state index contributed by atoms with van der Waals surface area (Å²) in [6.45, 7) is 3.65. The number of aliphatic hydroxyl groups is 1. The van der Waals surface area contributed by atoms with Crippen molar-refractivity contribution in [2.24, 2.45) is 4.99 Å². The number of nitrogens with zero attached hydrogens (tertiary/aromatic N) is 1. The zero-order chi connectivity index (χ0) is 17.4. The van der Waals surface area contributed by atoms with Crippen molar-refractivity contribution in [1.29, 1.82) is 0 Å². The molecule has 24 heavy (non-hydrogen) atoms. The topological polar surface area (TPSA) is 65.9 Å². The Kier molecular flexibility index (Phi) is 7.36. The highest BCUT2D eigenvalue weighted by Crippen LogP contribution is 2.26. The van der Waals surface area contributed by atoms with Crippen molar-refractivity contribution in [3.05, 3.63) is 51.2 Å². The number of methoxy groups -OCH3 is 1. The number of hydrogen-bond donors (Lipinski definition) is 3. The van der Waals surface area contributed by atoms with Crippen LogP contribution in [0.1, 0.15) is 23.5 Å². The average molecular weight is 368 g/mol. The number of aliphatic hydroxyl groups excluding tert-OH is 1. The molecule has 0 fully saturated rings. The molecule has 1 aromatic heterocycles. The van der Waals surface area contributed by atoms with Crippen molar-refractivity contribution in [1.82, 2.24) is 10.6 Å². The molecule has 0 saturated heterocycles. The van der Waals surface area contributed by atoms with Gasteiger partial charge < -0.3 is 20.5 Å². The highest BCUT2D eigenvalue weighted by atomic mass is 35.5. The molecular weight excluding hydrogens is 346 g/mol. The highest BCUT2D eigenvalue weighted by Gasteiger charge is 2.10. The van der Waals surface area contributed by atoms with Crippen molar-refractivity contribution >= 4 is 28.9 Å². The van der Waals surface area contributed by atoms with Gasteiger partial charge in [0, 0.05) is 18.0 Å². The third-order valence-corrected chi connectivity index (χ3v) is 4.64. The lowest BCUT2D eigenvalue weighted by molar-refractivity contribution is 0.184. The van der Waals surface area contributed by atoms with E-state index < -0.39 is 6.10 Å². The van der Waals surface area contributed by atoms with Crippen molar-refractivity contribution in [3.63, 3.8) is 0 Å². The number of benzene rings is 1. The molecule has 0 bridgehead atoms. The number of thiophene rings is 1. The fourth-order valence-electron chi connectivity index (χ4n) is 2.04. The van der Waals surface area contributed by atoms with Crippen molar-refractivity contribution < 1.29 is 9.84 Å². The fraction of sp³-hybridized carbons (Fsp3) is 0.353. The number of rotatable bonds is 7. The normalized spacial score (nSPS) is 12.8. The maximum Gasteiger partial charge on any atom is 0.191 e. The fourth-order valence-corrected chi connectivity index (χ4v) is 3.09. The Morgan fingerprint density at radius 1 is 1.25 bits per heavy atom. The summed E-state index contributed by atoms with van der Waals surface area (Å²) in [4.78, 5) is 5.36. The SMILES string of the molecule is CCNC(=NCc1ccc(OC)cc1)NCC(O)c1ccc(Cl)s1. The summed E-state index contributed by atoms with van der Waals surface area (Å²) >= 11 is 7.28. The second-order valence-electron chi connectivity index (χ2n) is 5.08. The van der Waals surface area contributed by atoms with E-state index >= 15 is 0 Å². The van der Waals surface area contributed by atoms with Gasteiger partial charge in [-0.05, 0) is 36.8 Å². The standard InChI is InChI=1S/C17H22ClN3O2S/c1-3-19-17(20-10-12-4-6-13(23-2)7-5-12)21-11-14(22)15-8-9-16(18)24-15/h4-9,14,22H,3,10-11H2,1-2H3,(H2,19,20,21). The summed E-state index contributed by atoms with van der Waals surface area (Å²) in [7, 11) is 1.65. The lowest BCUT2D eigenvalue weighted by atomic mass is 10.2. The Labute approximate surface area is 151 Å². The number of aliphatic imine (C=N–C) groups is 1. The van der Waals surface area contributed by atoms with Crippen LogP contribution in [0.15, 0.2) is 41.4 Å². The number of hydrogen-bond acceptors (Lipinski definition) is 4. The van der Waals surface area contributed by atoms with E-state index in [0.717, 1.165) is 22.7 Å². The monoisotopic (exact) mass is 367 g/mol. The minimum Gasteiger partial charge on any atom is -0.497 e. The van der Waals surface area contributed by atoms with Gasteiger partial charge in [0.2, 0.25) is 0 Å². The summed E-state index contributed by atoms with van der Waals surface area (Å²) in [5.41, 5.74) is 1.08. The molecule has 2 aromatic rings. The number of nitrogens with one attached hydrogen (secondary N) is 2. The summed E-state index contributed by atoms with van der Waals surface area (Å²) in [5.74, 6) is 1.49. The minimum atomic E-state index is -0.618. The number of halogens is 1. The Morgan fingerprint density at radius 3 is 2.58 bits per heavy atom. The largest absolute Gasteiger partial charge is 0.497 e. The van der Waals surface area contributed by atoms with Gasteiger partial charge in [-0.15, -0.1) is 11.3 Å². The first-order valence-corrected chi connectivity index (χ1v) is 8.90. The maximum atomic E-state index is 10.2. The summed E-state index contributed by atoms with van der Waals surface area (Å²) in [5, 5.41) is 16.5. The highest BCUT2D eigenvalue weighted by molar-refractivity contribution is 7.16. The van der Waals surface area contributed by atoms with Crippen LogP contribution in [0.5, 0.6) is 5.75 Å². The Balaban J connectivity index is 1.92. The molecule has 2 rings (SSSR count). The van der Waals surface area contributed by atoms with E-state index in [1.54, 1.807) is 13.2 Å². The number of ether oxygens (including phenoxy) is 1. The Bertz CT molecular complexity index is 658. The molecular formula is C17H22ClN3O2S. The van der Waals surface area contributed by atoms with Gasteiger partial charge in [0.05, 0.1) is 18.0 Å². The van der Waals surface area contributed by atoms with Gasteiger partial charge in [-0.1, -0.05) is 23.7 Å². The molecule has 0 radical (unpaired) electrons. The smallest absolute Gasteiger partial charge is 0.191 e. The molecule has 0 spiro atoms. The molecule has 1 atom stereocenters. The predicted octanol–water partition coefficient (Wildman–Crippen LogP) is 3.20. The van der Waals surface area contributed by atoms with Gasteiger partial charge >= 0.3 is 0 Å². The molecule has 0 aliphatic rings. The third-order valence-electron chi connectivity index (χ3n) is 3.31. The first-order valence-electron chi connectivity index (χ1n) is 7.70. The van der Waals surface area contributed by atoms with Crippen molar-refractivity contribution in [2.75, 3.05) is 20.2 Å². The first-order chi connectivity index (χ1) is 11.6. The quantitative estimate of drug-likeness (QED) is 0.519. The van der Waals surface area contributed by atoms with Crippen LogP contribution in [0.25, 0.3) is 0 Å². The molecule has 130 valence electrons. The third kappa shape index (κ3) is 5.70. The van der Waals surface area contributed by atoms with Gasteiger partial charge in [-0.25, -0.2) is 4.99 Å². The molecule has 7 heteroatoms. The summed E-state index contributed by atoms with van der Waals surface area (Å²) < 4.78 is 5.82. The van der Waals surface area contributed by atoms with Crippen molar-refractivity contribution in [2.45, 2.75) is 19.6 Å². The van der Waals surface area contributed by atoms with E-state index in [9.17, 15) is 5.11 Å². The molecule has 0 aliphatic carbocycles. The molecule has 0 saturated carbocycles. The zero-order valence-electron chi connectivity index (χ0n) is 13.8. The van der Waals surface area contributed by atoms with Crippen LogP contribution in [-0.4, -0.2) is 31.3 Å². The maximum absolute atomic E-state index is 10.2. The van der Waals surface area contributed by atoms with Crippen LogP contribution in [0.3, 0.4) is 0 Å². The lowest BCUT2D eigenvalue weighted by Crippen LogP contribution is -2.39.